The van der Waals surface area contributed by atoms with Gasteiger partial charge in [-0.15, -0.1) is 0 Å². The molecule has 0 saturated carbocycles. The molecular formula is C22H28N2O5S. The summed E-state index contributed by atoms with van der Waals surface area (Å²) in [5, 5.41) is 11.5. The third-order valence-electron chi connectivity index (χ3n) is 5.41. The number of rotatable bonds is 8. The molecule has 1 unspecified atom stereocenters. The Bertz CT molecular complexity index is 941. The van der Waals surface area contributed by atoms with E-state index in [-0.39, 0.29) is 11.9 Å². The van der Waals surface area contributed by atoms with E-state index >= 15 is 0 Å². The van der Waals surface area contributed by atoms with E-state index in [1.807, 2.05) is 31.2 Å². The van der Waals surface area contributed by atoms with E-state index in [0.29, 0.717) is 38.1 Å². The number of benzene rings is 2. The summed E-state index contributed by atoms with van der Waals surface area (Å²) in [5.74, 6) is -0.307. The summed E-state index contributed by atoms with van der Waals surface area (Å²) >= 11 is 0. The highest BCUT2D eigenvalue weighted by Crippen LogP contribution is 2.22. The van der Waals surface area contributed by atoms with Gasteiger partial charge >= 0.3 is 6.09 Å². The zero-order valence-corrected chi connectivity index (χ0v) is 17.8. The predicted molar refractivity (Wildman–Crippen MR) is 115 cm³/mol. The Hall–Kier alpha value is -2.42. The van der Waals surface area contributed by atoms with E-state index < -0.39 is 22.2 Å². The molecule has 0 aromatic heterocycles. The molecule has 1 aliphatic rings. The second-order valence-electron chi connectivity index (χ2n) is 7.53. The second-order valence-corrected chi connectivity index (χ2v) is 9.54. The van der Waals surface area contributed by atoms with Gasteiger partial charge in [-0.1, -0.05) is 54.6 Å². The SMILES string of the molecule is Cc1ccccc1COC1CCN(S(=O)(=O)CC(NC(=O)O)c2ccccc2)CC1. The molecule has 1 aliphatic heterocycles. The Balaban J connectivity index is 1.56. The van der Waals surface area contributed by atoms with Gasteiger partial charge in [-0.05, 0) is 36.5 Å². The molecule has 1 amide bonds. The lowest BCUT2D eigenvalue weighted by atomic mass is 10.1. The first-order valence-corrected chi connectivity index (χ1v) is 11.6. The van der Waals surface area contributed by atoms with E-state index in [1.54, 1.807) is 30.3 Å². The molecule has 0 bridgehead atoms. The maximum absolute atomic E-state index is 12.9. The molecule has 1 saturated heterocycles. The molecule has 1 fully saturated rings. The van der Waals surface area contributed by atoms with Gasteiger partial charge in [0.25, 0.3) is 0 Å². The molecule has 0 radical (unpaired) electrons. The maximum Gasteiger partial charge on any atom is 0.405 e. The molecule has 8 heteroatoms. The molecule has 2 aromatic rings. The monoisotopic (exact) mass is 432 g/mol. The van der Waals surface area contributed by atoms with Gasteiger partial charge in [-0.3, -0.25) is 0 Å². The molecule has 7 nitrogen and oxygen atoms in total. The van der Waals surface area contributed by atoms with Crippen LogP contribution < -0.4 is 5.32 Å². The average molecular weight is 433 g/mol. The summed E-state index contributed by atoms with van der Waals surface area (Å²) < 4.78 is 33.3. The van der Waals surface area contributed by atoms with Crippen LogP contribution in [0.15, 0.2) is 54.6 Å². The number of nitrogens with one attached hydrogen (secondary N) is 1. The van der Waals surface area contributed by atoms with E-state index in [0.717, 1.165) is 5.56 Å². The molecule has 0 spiro atoms. The smallest absolute Gasteiger partial charge is 0.405 e. The van der Waals surface area contributed by atoms with Gasteiger partial charge in [-0.2, -0.15) is 0 Å². The van der Waals surface area contributed by atoms with Gasteiger partial charge in [0.15, 0.2) is 0 Å². The van der Waals surface area contributed by atoms with E-state index in [4.69, 9.17) is 9.84 Å². The highest BCUT2D eigenvalue weighted by Gasteiger charge is 2.31. The number of piperidine rings is 1. The van der Waals surface area contributed by atoms with E-state index in [2.05, 4.69) is 5.32 Å². The normalized spacial score (nSPS) is 16.8. The zero-order chi connectivity index (χ0) is 21.6. The van der Waals surface area contributed by atoms with Crippen molar-refractivity contribution < 1.29 is 23.1 Å². The van der Waals surface area contributed by atoms with Crippen LogP contribution in [-0.2, 0) is 21.4 Å². The number of ether oxygens (including phenoxy) is 1. The zero-order valence-electron chi connectivity index (χ0n) is 17.0. The van der Waals surface area contributed by atoms with Gasteiger partial charge in [-0.25, -0.2) is 17.5 Å². The number of nitrogens with zero attached hydrogens (tertiary/aromatic N) is 1. The van der Waals surface area contributed by atoms with Crippen molar-refractivity contribution >= 4 is 16.1 Å². The fraction of sp³-hybridized carbons (Fsp3) is 0.409. The average Bonchev–Trinajstić information content (AvgIpc) is 2.73. The van der Waals surface area contributed by atoms with Crippen LogP contribution >= 0.6 is 0 Å². The number of hydrogen-bond acceptors (Lipinski definition) is 4. The molecule has 2 N–H and O–H groups in total. The number of hydrogen-bond donors (Lipinski definition) is 2. The Labute approximate surface area is 177 Å². The molecular weight excluding hydrogens is 404 g/mol. The van der Waals surface area contributed by atoms with Crippen molar-refractivity contribution in [1.29, 1.82) is 0 Å². The summed E-state index contributed by atoms with van der Waals surface area (Å²) in [7, 11) is -3.62. The summed E-state index contributed by atoms with van der Waals surface area (Å²) in [6.45, 7) is 3.30. The predicted octanol–water partition coefficient (Wildman–Crippen LogP) is 3.31. The van der Waals surface area contributed by atoms with Crippen LogP contribution in [0.4, 0.5) is 4.79 Å². The molecule has 162 valence electrons. The summed E-state index contributed by atoms with van der Waals surface area (Å²) in [6, 6.07) is 16.0. The molecule has 1 heterocycles. The number of sulfonamides is 1. The second kappa shape index (κ2) is 10.1. The Morgan fingerprint density at radius 1 is 1.13 bits per heavy atom. The highest BCUT2D eigenvalue weighted by atomic mass is 32.2. The largest absolute Gasteiger partial charge is 0.465 e. The third-order valence-corrected chi connectivity index (χ3v) is 7.31. The molecule has 30 heavy (non-hydrogen) atoms. The van der Waals surface area contributed by atoms with Gasteiger partial charge in [0.05, 0.1) is 24.5 Å². The minimum atomic E-state index is -3.62. The van der Waals surface area contributed by atoms with Crippen molar-refractivity contribution in [3.63, 3.8) is 0 Å². The third kappa shape index (κ3) is 6.04. The molecule has 3 rings (SSSR count). The number of carbonyl (C=O) groups is 1. The van der Waals surface area contributed by atoms with Crippen molar-refractivity contribution in [2.24, 2.45) is 0 Å². The van der Waals surface area contributed by atoms with Gasteiger partial charge in [0, 0.05) is 13.1 Å². The lowest BCUT2D eigenvalue weighted by Crippen LogP contribution is -2.44. The van der Waals surface area contributed by atoms with Gasteiger partial charge in [0.2, 0.25) is 10.0 Å². The first-order chi connectivity index (χ1) is 14.3. The highest BCUT2D eigenvalue weighted by molar-refractivity contribution is 7.89. The van der Waals surface area contributed by atoms with Crippen molar-refractivity contribution in [1.82, 2.24) is 9.62 Å². The Morgan fingerprint density at radius 3 is 2.40 bits per heavy atom. The lowest BCUT2D eigenvalue weighted by Gasteiger charge is -2.32. The number of aryl methyl sites for hydroxylation is 1. The van der Waals surface area contributed by atoms with E-state index in [1.165, 1.54) is 9.87 Å². The number of amides is 1. The van der Waals surface area contributed by atoms with Gasteiger partial charge < -0.3 is 15.2 Å². The van der Waals surface area contributed by atoms with E-state index in [9.17, 15) is 13.2 Å². The Kier molecular flexibility index (Phi) is 7.47. The molecule has 2 aromatic carbocycles. The van der Waals surface area contributed by atoms with Crippen molar-refractivity contribution in [2.45, 2.75) is 38.5 Å². The van der Waals surface area contributed by atoms with Crippen molar-refractivity contribution in [3.8, 4) is 0 Å². The fourth-order valence-corrected chi connectivity index (χ4v) is 5.30. The minimum absolute atomic E-state index is 0.0121. The van der Waals surface area contributed by atoms with Gasteiger partial charge in [0.1, 0.15) is 0 Å². The summed E-state index contributed by atoms with van der Waals surface area (Å²) in [5.41, 5.74) is 2.94. The fourth-order valence-electron chi connectivity index (χ4n) is 3.63. The molecule has 0 aliphatic carbocycles. The minimum Gasteiger partial charge on any atom is -0.465 e. The van der Waals surface area contributed by atoms with Crippen molar-refractivity contribution in [2.75, 3.05) is 18.8 Å². The van der Waals surface area contributed by atoms with Crippen LogP contribution in [0.3, 0.4) is 0 Å². The van der Waals surface area contributed by atoms with Crippen LogP contribution in [0.25, 0.3) is 0 Å². The van der Waals surface area contributed by atoms with Crippen LogP contribution in [0, 0.1) is 6.92 Å². The molecule has 1 atom stereocenters. The quantitative estimate of drug-likeness (QED) is 0.667. The first kappa shape index (κ1) is 22.3. The summed E-state index contributed by atoms with van der Waals surface area (Å²) in [6.07, 6.45) is 0.00139. The Morgan fingerprint density at radius 2 is 1.77 bits per heavy atom. The lowest BCUT2D eigenvalue weighted by molar-refractivity contribution is 0.00998. The van der Waals surface area contributed by atoms with Crippen molar-refractivity contribution in [3.05, 3.63) is 71.3 Å². The standard InChI is InChI=1S/C22H28N2O5S/c1-17-7-5-6-10-19(17)15-29-20-11-13-24(14-12-20)30(27,28)16-21(23-22(25)26)18-8-3-2-4-9-18/h2-10,20-21,23H,11-16H2,1H3,(H,25,26). The first-order valence-electron chi connectivity index (χ1n) is 10.0. The van der Waals surface area contributed by atoms with Crippen LogP contribution in [0.5, 0.6) is 0 Å². The van der Waals surface area contributed by atoms with Crippen LogP contribution in [-0.4, -0.2) is 48.9 Å². The van der Waals surface area contributed by atoms with Crippen LogP contribution in [0.1, 0.15) is 35.6 Å². The maximum atomic E-state index is 12.9. The summed E-state index contributed by atoms with van der Waals surface area (Å²) in [4.78, 5) is 11.2. The topological polar surface area (TPSA) is 95.9 Å². The van der Waals surface area contributed by atoms with Crippen LogP contribution in [0.2, 0.25) is 0 Å². The number of carboxylic acid groups (broad SMARTS) is 1.